The van der Waals surface area contributed by atoms with E-state index in [2.05, 4.69) is 79.4 Å². The molecule has 51 heavy (non-hydrogen) atoms. The van der Waals surface area contributed by atoms with Crippen LogP contribution in [-0.4, -0.2) is 104 Å². The number of epoxide rings is 3. The molecule has 1 spiro atoms. The first kappa shape index (κ1) is 34.0. The van der Waals surface area contributed by atoms with Crippen LogP contribution < -0.4 is 10.0 Å². The molecule has 11 nitrogen and oxygen atoms in total. The van der Waals surface area contributed by atoms with E-state index in [1.54, 1.807) is 0 Å². The summed E-state index contributed by atoms with van der Waals surface area (Å²) in [5.41, 5.74) is 3.53. The Bertz CT molecular complexity index is 2070. The summed E-state index contributed by atoms with van der Waals surface area (Å²) in [5, 5.41) is 11.7. The minimum Gasteiger partial charge on any atom is -0.352 e. The molecule has 0 saturated carbocycles. The van der Waals surface area contributed by atoms with Crippen molar-refractivity contribution in [3.63, 3.8) is 0 Å². The largest absolute Gasteiger partial charge is 0.352 e. The summed E-state index contributed by atoms with van der Waals surface area (Å²) >= 11 is 12.4. The molecule has 268 valence electrons. The Morgan fingerprint density at radius 1 is 0.961 bits per heavy atom. The molecule has 5 unspecified atom stereocenters. The van der Waals surface area contributed by atoms with Crippen LogP contribution in [0.25, 0.3) is 10.8 Å². The van der Waals surface area contributed by atoms with Crippen LogP contribution in [0, 0.1) is 0 Å². The van der Waals surface area contributed by atoms with Gasteiger partial charge < -0.3 is 14.2 Å². The first-order valence-corrected chi connectivity index (χ1v) is 19.9. The third kappa shape index (κ3) is 6.77. The molecule has 2 N–H and O–H groups in total. The number of hydrogen-bond donors (Lipinski definition) is 2. The van der Waals surface area contributed by atoms with Gasteiger partial charge in [-0.15, -0.1) is 0 Å². The Hall–Kier alpha value is -2.85. The van der Waals surface area contributed by atoms with Gasteiger partial charge in [0.05, 0.1) is 35.6 Å². The highest BCUT2D eigenvalue weighted by Crippen LogP contribution is 2.50. The van der Waals surface area contributed by atoms with Gasteiger partial charge in [0.15, 0.2) is 18.2 Å². The van der Waals surface area contributed by atoms with E-state index in [1.165, 1.54) is 16.3 Å². The average Bonchev–Trinajstić information content (AvgIpc) is 4.00. The lowest BCUT2D eigenvalue weighted by molar-refractivity contribution is -0.0928. The van der Waals surface area contributed by atoms with Crippen molar-refractivity contribution in [2.75, 3.05) is 37.7 Å². The van der Waals surface area contributed by atoms with Gasteiger partial charge in [-0.3, -0.25) is 14.9 Å². The van der Waals surface area contributed by atoms with E-state index in [4.69, 9.17) is 37.4 Å². The van der Waals surface area contributed by atoms with Crippen molar-refractivity contribution in [1.82, 2.24) is 25.1 Å². The maximum absolute atomic E-state index is 11.8. The van der Waals surface area contributed by atoms with Crippen LogP contribution in [0.4, 0.5) is 5.69 Å². The maximum Gasteiger partial charge on any atom is 0.229 e. The molecule has 0 bridgehead atoms. The molecule has 0 radical (unpaired) electrons. The molecule has 4 aromatic rings. The van der Waals surface area contributed by atoms with Crippen LogP contribution in [0.5, 0.6) is 0 Å². The maximum atomic E-state index is 11.8. The fraction of sp³-hybridized carbons (Fsp3) is 0.405. The number of benzene rings is 4. The lowest BCUT2D eigenvalue weighted by Gasteiger charge is -2.39. The summed E-state index contributed by atoms with van der Waals surface area (Å²) < 4.78 is 45.4. The SMILES string of the molecule is CN(C1OC1NCc1ccc(Cl)c(Cl)c1)N1CC2(CO2)N2[C@@H]1CN(Cc1cccc3ccccc13)C1OC1[C@@H]2Cc1ccc(NS(C)(=O)=O)cc1. The fourth-order valence-electron chi connectivity index (χ4n) is 8.10. The lowest BCUT2D eigenvalue weighted by Crippen LogP contribution is -2.56. The van der Waals surface area contributed by atoms with E-state index in [-0.39, 0.29) is 37.0 Å². The van der Waals surface area contributed by atoms with Crippen molar-refractivity contribution in [2.45, 2.75) is 62.2 Å². The van der Waals surface area contributed by atoms with Crippen molar-refractivity contribution in [1.29, 1.82) is 0 Å². The Morgan fingerprint density at radius 3 is 2.49 bits per heavy atom. The monoisotopic (exact) mass is 750 g/mol. The van der Waals surface area contributed by atoms with Gasteiger partial charge in [-0.1, -0.05) is 83.9 Å². The lowest BCUT2D eigenvalue weighted by atomic mass is 10.00. The Morgan fingerprint density at radius 2 is 1.73 bits per heavy atom. The molecule has 5 fully saturated rings. The highest BCUT2D eigenvalue weighted by atomic mass is 35.5. The topological polar surface area (TPSA) is 109 Å². The first-order valence-electron chi connectivity index (χ1n) is 17.2. The number of likely N-dealkylation sites (N-methyl/N-ethyl adjacent to an activating group) is 1. The number of halogens is 2. The Labute approximate surface area is 307 Å². The van der Waals surface area contributed by atoms with Gasteiger partial charge >= 0.3 is 0 Å². The standard InChI is InChI=1S/C37H40Cl2N6O5S/c1-42(36-34(50-36)40-18-24-12-15-29(38)30(39)16-24)44-21-37(22-48-37)45-31(17-23-10-13-27(14-11-23)41-51(2,46)47)33-35(49-33)43(20-32(44)45)19-26-8-5-7-25-6-3-4-9-28(25)26/h3-16,31-36,40-41H,17-22H2,1-2H3/t31-,32+,33?,34?,35?,36?,37?/m0/s1. The van der Waals surface area contributed by atoms with Crippen molar-refractivity contribution >= 4 is 49.7 Å². The second-order valence-corrected chi connectivity index (χ2v) is 16.8. The summed E-state index contributed by atoms with van der Waals surface area (Å²) in [6.07, 6.45) is 1.56. The van der Waals surface area contributed by atoms with Crippen molar-refractivity contribution in [2.24, 2.45) is 0 Å². The third-order valence-corrected chi connectivity index (χ3v) is 12.1. The molecule has 14 heteroatoms. The van der Waals surface area contributed by atoms with Gasteiger partial charge in [0.25, 0.3) is 0 Å². The first-order chi connectivity index (χ1) is 24.5. The minimum atomic E-state index is -3.37. The smallest absolute Gasteiger partial charge is 0.229 e. The van der Waals surface area contributed by atoms with Crippen LogP contribution in [0.1, 0.15) is 16.7 Å². The van der Waals surface area contributed by atoms with Crippen molar-refractivity contribution < 1.29 is 22.6 Å². The fourth-order valence-corrected chi connectivity index (χ4v) is 8.99. The predicted octanol–water partition coefficient (Wildman–Crippen LogP) is 4.66. The van der Waals surface area contributed by atoms with Crippen molar-refractivity contribution in [3.05, 3.63) is 112 Å². The van der Waals surface area contributed by atoms with Crippen molar-refractivity contribution in [3.8, 4) is 0 Å². The number of sulfonamides is 1. The zero-order valence-corrected chi connectivity index (χ0v) is 30.6. The van der Waals surface area contributed by atoms with E-state index in [0.717, 1.165) is 36.9 Å². The number of nitrogens with one attached hydrogen (secondary N) is 2. The predicted molar refractivity (Wildman–Crippen MR) is 196 cm³/mol. The zero-order chi connectivity index (χ0) is 35.1. The van der Waals surface area contributed by atoms with Gasteiger partial charge in [0.2, 0.25) is 10.0 Å². The number of ether oxygens (including phenoxy) is 3. The van der Waals surface area contributed by atoms with Gasteiger partial charge in [-0.25, -0.2) is 23.3 Å². The highest BCUT2D eigenvalue weighted by Gasteiger charge is 2.69. The second-order valence-electron chi connectivity index (χ2n) is 14.3. The number of nitrogens with zero attached hydrogens (tertiary/aromatic N) is 4. The van der Waals surface area contributed by atoms with E-state index in [1.807, 2.05) is 42.5 Å². The highest BCUT2D eigenvalue weighted by molar-refractivity contribution is 7.92. The number of fused-ring (bicyclic) bond motifs is 4. The minimum absolute atomic E-state index is 0.0000255. The molecule has 0 aromatic heterocycles. The summed E-state index contributed by atoms with van der Waals surface area (Å²) in [4.78, 5) is 5.04. The van der Waals surface area contributed by atoms with Gasteiger partial charge in [0.1, 0.15) is 12.3 Å². The summed E-state index contributed by atoms with van der Waals surface area (Å²) in [6, 6.07) is 28.4. The van der Waals surface area contributed by atoms with Crippen LogP contribution in [0.15, 0.2) is 84.9 Å². The van der Waals surface area contributed by atoms with Crippen LogP contribution in [-0.2, 0) is 43.7 Å². The van der Waals surface area contributed by atoms with Gasteiger partial charge in [-0.05, 0) is 58.1 Å². The quantitative estimate of drug-likeness (QED) is 0.210. The molecule has 5 aliphatic rings. The van der Waals surface area contributed by atoms with Gasteiger partial charge in [-0.2, -0.15) is 0 Å². The molecule has 4 aromatic carbocycles. The van der Waals surface area contributed by atoms with Crippen LogP contribution >= 0.6 is 23.2 Å². The summed E-state index contributed by atoms with van der Waals surface area (Å²) in [5.74, 6) is 0. The van der Waals surface area contributed by atoms with Crippen LogP contribution in [0.2, 0.25) is 10.0 Å². The number of rotatable bonds is 11. The number of hydrazine groups is 1. The Kier molecular flexibility index (Phi) is 8.60. The summed E-state index contributed by atoms with van der Waals surface area (Å²) in [7, 11) is -1.26. The molecule has 5 saturated heterocycles. The summed E-state index contributed by atoms with van der Waals surface area (Å²) in [6.45, 7) is 3.47. The normalized spacial score (nSPS) is 30.4. The Balaban J connectivity index is 0.988. The molecular formula is C37H40Cl2N6O5S. The molecule has 9 rings (SSSR count). The molecule has 5 aliphatic heterocycles. The van der Waals surface area contributed by atoms with E-state index >= 15 is 0 Å². The molecule has 7 atom stereocenters. The van der Waals surface area contributed by atoms with E-state index in [9.17, 15) is 8.42 Å². The zero-order valence-electron chi connectivity index (χ0n) is 28.3. The molecule has 5 heterocycles. The van der Waals surface area contributed by atoms with E-state index in [0.29, 0.717) is 35.4 Å². The van der Waals surface area contributed by atoms with E-state index < -0.39 is 15.7 Å². The second kappa shape index (κ2) is 12.9. The number of hydrogen-bond acceptors (Lipinski definition) is 10. The molecule has 0 aliphatic carbocycles. The number of anilines is 1. The van der Waals surface area contributed by atoms with Crippen LogP contribution in [0.3, 0.4) is 0 Å². The average molecular weight is 752 g/mol. The molecular weight excluding hydrogens is 711 g/mol. The molecule has 0 amide bonds. The van der Waals surface area contributed by atoms with Gasteiger partial charge in [0, 0.05) is 38.4 Å². The third-order valence-electron chi connectivity index (χ3n) is 10.7.